The molecule has 1 aromatic carbocycles. The summed E-state index contributed by atoms with van der Waals surface area (Å²) in [4.78, 5) is 18.1. The van der Waals surface area contributed by atoms with Gasteiger partial charge in [-0.1, -0.05) is 62.4 Å². The van der Waals surface area contributed by atoms with Crippen LogP contribution < -0.4 is 0 Å². The van der Waals surface area contributed by atoms with Gasteiger partial charge in [0, 0.05) is 0 Å². The highest BCUT2D eigenvalue weighted by atomic mass is 16.7. The van der Waals surface area contributed by atoms with Crippen molar-refractivity contribution in [3.05, 3.63) is 35.9 Å². The van der Waals surface area contributed by atoms with Crippen molar-refractivity contribution < 1.29 is 9.63 Å². The number of nitrogens with zero attached hydrogens (tertiary/aromatic N) is 1. The molecule has 0 N–H and O–H groups in total. The highest BCUT2D eigenvalue weighted by Gasteiger charge is 2.52. The number of rotatable bonds is 3. The Balaban J connectivity index is 1.53. The molecule has 108 valence electrons. The van der Waals surface area contributed by atoms with Crippen molar-refractivity contribution in [1.82, 2.24) is 5.06 Å². The Labute approximate surface area is 120 Å². The van der Waals surface area contributed by atoms with Gasteiger partial charge in [0.15, 0.2) is 0 Å². The summed E-state index contributed by atoms with van der Waals surface area (Å²) < 4.78 is 0. The van der Waals surface area contributed by atoms with Crippen LogP contribution in [0.3, 0.4) is 0 Å². The fourth-order valence-electron chi connectivity index (χ4n) is 3.37. The van der Waals surface area contributed by atoms with E-state index in [9.17, 15) is 4.79 Å². The van der Waals surface area contributed by atoms with Crippen molar-refractivity contribution in [2.45, 2.75) is 51.6 Å². The Morgan fingerprint density at radius 3 is 2.30 bits per heavy atom. The van der Waals surface area contributed by atoms with Gasteiger partial charge in [0.2, 0.25) is 0 Å². The molecule has 1 saturated carbocycles. The third-order valence-electron chi connectivity index (χ3n) is 4.67. The predicted molar refractivity (Wildman–Crippen MR) is 77.7 cm³/mol. The molecule has 0 unspecified atom stereocenters. The van der Waals surface area contributed by atoms with Crippen LogP contribution in [0.4, 0.5) is 0 Å². The van der Waals surface area contributed by atoms with Crippen LogP contribution in [0.5, 0.6) is 0 Å². The maximum Gasteiger partial charge on any atom is 0.254 e. The highest BCUT2D eigenvalue weighted by Crippen LogP contribution is 2.43. The molecule has 1 amide bonds. The lowest BCUT2D eigenvalue weighted by atomic mass is 9.71. The van der Waals surface area contributed by atoms with Crippen LogP contribution in [0.25, 0.3) is 0 Å². The van der Waals surface area contributed by atoms with E-state index in [-0.39, 0.29) is 11.3 Å². The summed E-state index contributed by atoms with van der Waals surface area (Å²) in [5.41, 5.74) is 1.02. The molecular weight excluding hydrogens is 250 g/mol. The van der Waals surface area contributed by atoms with Crippen molar-refractivity contribution in [2.24, 2.45) is 5.41 Å². The number of hydroxylamine groups is 2. The van der Waals surface area contributed by atoms with Crippen LogP contribution >= 0.6 is 0 Å². The number of benzene rings is 1. The molecule has 1 aliphatic heterocycles. The van der Waals surface area contributed by atoms with E-state index in [2.05, 4.69) is 0 Å². The van der Waals surface area contributed by atoms with Crippen LogP contribution in [0, 0.1) is 5.41 Å². The number of carbonyl (C=O) groups is 1. The standard InChI is InChI=1S/C17H23NO2/c19-16-17(11-7-2-1-3-8-12-17)14-18(16)20-13-15-9-5-4-6-10-15/h4-6,9-10H,1-3,7-8,11-14H2. The fraction of sp³-hybridized carbons (Fsp3) is 0.588. The van der Waals surface area contributed by atoms with Crippen LogP contribution in [0.1, 0.15) is 50.5 Å². The first-order valence-electron chi connectivity index (χ1n) is 7.79. The number of carbonyl (C=O) groups excluding carboxylic acids is 1. The van der Waals surface area contributed by atoms with Crippen molar-refractivity contribution in [3.63, 3.8) is 0 Å². The molecule has 0 bridgehead atoms. The predicted octanol–water partition coefficient (Wildman–Crippen LogP) is 3.69. The van der Waals surface area contributed by atoms with Gasteiger partial charge in [-0.2, -0.15) is 0 Å². The Morgan fingerprint density at radius 1 is 1.00 bits per heavy atom. The van der Waals surface area contributed by atoms with E-state index in [4.69, 9.17) is 4.84 Å². The molecule has 1 saturated heterocycles. The van der Waals surface area contributed by atoms with Gasteiger partial charge >= 0.3 is 0 Å². The monoisotopic (exact) mass is 273 g/mol. The van der Waals surface area contributed by atoms with E-state index in [1.165, 1.54) is 32.1 Å². The summed E-state index contributed by atoms with van der Waals surface area (Å²) in [5, 5.41) is 1.58. The molecule has 1 aromatic rings. The van der Waals surface area contributed by atoms with E-state index < -0.39 is 0 Å². The van der Waals surface area contributed by atoms with Crippen LogP contribution in [0.15, 0.2) is 30.3 Å². The van der Waals surface area contributed by atoms with Gasteiger partial charge in [-0.15, -0.1) is 0 Å². The van der Waals surface area contributed by atoms with E-state index in [1.54, 1.807) is 5.06 Å². The maximum absolute atomic E-state index is 12.4. The van der Waals surface area contributed by atoms with Crippen molar-refractivity contribution >= 4 is 5.91 Å². The topological polar surface area (TPSA) is 29.5 Å². The summed E-state index contributed by atoms with van der Waals surface area (Å²) in [6.45, 7) is 1.28. The van der Waals surface area contributed by atoms with Gasteiger partial charge in [-0.3, -0.25) is 9.63 Å². The first kappa shape index (κ1) is 13.6. The zero-order chi connectivity index (χ0) is 13.8. The van der Waals surface area contributed by atoms with Gasteiger partial charge in [0.25, 0.3) is 5.91 Å². The van der Waals surface area contributed by atoms with Gasteiger partial charge < -0.3 is 0 Å². The Kier molecular flexibility index (Phi) is 4.06. The van der Waals surface area contributed by atoms with Gasteiger partial charge in [-0.25, -0.2) is 5.06 Å². The molecule has 0 aromatic heterocycles. The molecule has 2 fully saturated rings. The number of hydrogen-bond donors (Lipinski definition) is 0. The van der Waals surface area contributed by atoms with Gasteiger partial charge in [-0.05, 0) is 18.4 Å². The average Bonchev–Trinajstić information content (AvgIpc) is 2.45. The first-order chi connectivity index (χ1) is 9.80. The molecule has 20 heavy (non-hydrogen) atoms. The third kappa shape index (κ3) is 2.73. The lowest BCUT2D eigenvalue weighted by molar-refractivity contribution is -0.245. The van der Waals surface area contributed by atoms with E-state index in [0.29, 0.717) is 6.61 Å². The average molecular weight is 273 g/mol. The lowest BCUT2D eigenvalue weighted by Crippen LogP contribution is -2.61. The van der Waals surface area contributed by atoms with Gasteiger partial charge in [0.05, 0.1) is 12.0 Å². The number of hydrogen-bond acceptors (Lipinski definition) is 2. The van der Waals surface area contributed by atoms with Crippen molar-refractivity contribution in [3.8, 4) is 0 Å². The molecular formula is C17H23NO2. The number of amides is 1. The summed E-state index contributed by atoms with van der Waals surface area (Å²) in [6.07, 6.45) is 8.38. The second-order valence-corrected chi connectivity index (χ2v) is 6.15. The van der Waals surface area contributed by atoms with E-state index in [1.807, 2.05) is 30.3 Å². The molecule has 1 aliphatic carbocycles. The third-order valence-corrected chi connectivity index (χ3v) is 4.67. The molecule has 3 nitrogen and oxygen atoms in total. The first-order valence-corrected chi connectivity index (χ1v) is 7.79. The van der Waals surface area contributed by atoms with Crippen LogP contribution in [-0.2, 0) is 16.2 Å². The largest absolute Gasteiger partial charge is 0.272 e. The highest BCUT2D eigenvalue weighted by molar-refractivity contribution is 5.87. The molecule has 0 atom stereocenters. The zero-order valence-corrected chi connectivity index (χ0v) is 12.0. The Hall–Kier alpha value is -1.35. The lowest BCUT2D eigenvalue weighted by Gasteiger charge is -2.48. The smallest absolute Gasteiger partial charge is 0.254 e. The number of β-lactam (4-membered cyclic amide) rings is 1. The Morgan fingerprint density at radius 2 is 1.65 bits per heavy atom. The zero-order valence-electron chi connectivity index (χ0n) is 12.0. The van der Waals surface area contributed by atoms with E-state index >= 15 is 0 Å². The minimum Gasteiger partial charge on any atom is -0.272 e. The normalized spacial score (nSPS) is 22.2. The summed E-state index contributed by atoms with van der Waals surface area (Å²) in [6, 6.07) is 10.0. The van der Waals surface area contributed by atoms with Crippen molar-refractivity contribution in [2.75, 3.05) is 6.54 Å². The van der Waals surface area contributed by atoms with Gasteiger partial charge in [0.1, 0.15) is 6.61 Å². The molecule has 2 aliphatic rings. The van der Waals surface area contributed by atoms with Crippen molar-refractivity contribution in [1.29, 1.82) is 0 Å². The van der Waals surface area contributed by atoms with Crippen LogP contribution in [0.2, 0.25) is 0 Å². The molecule has 3 rings (SSSR count). The second kappa shape index (κ2) is 5.96. The maximum atomic E-state index is 12.4. The summed E-state index contributed by atoms with van der Waals surface area (Å²) in [5.74, 6) is 0.218. The molecule has 3 heteroatoms. The quantitative estimate of drug-likeness (QED) is 0.786. The molecule has 1 spiro atoms. The minimum absolute atomic E-state index is 0.0862. The Bertz CT molecular complexity index is 449. The minimum atomic E-state index is -0.0862. The second-order valence-electron chi connectivity index (χ2n) is 6.15. The fourth-order valence-corrected chi connectivity index (χ4v) is 3.37. The molecule has 1 heterocycles. The molecule has 0 radical (unpaired) electrons. The SMILES string of the molecule is O=C1N(OCc2ccccc2)CC12CCCCCCC2. The van der Waals surface area contributed by atoms with Crippen LogP contribution in [-0.4, -0.2) is 17.5 Å². The summed E-state index contributed by atoms with van der Waals surface area (Å²) in [7, 11) is 0. The summed E-state index contributed by atoms with van der Waals surface area (Å²) >= 11 is 0. The van der Waals surface area contributed by atoms with E-state index in [0.717, 1.165) is 24.9 Å².